The zero-order chi connectivity index (χ0) is 9.52. The van der Waals surface area contributed by atoms with Gasteiger partial charge in [0.15, 0.2) is 0 Å². The monoisotopic (exact) mass is 178 g/mol. The molecule has 0 bridgehead atoms. The predicted octanol–water partition coefficient (Wildman–Crippen LogP) is 2.00. The Balaban J connectivity index is 2.23. The highest BCUT2D eigenvalue weighted by Crippen LogP contribution is 2.21. The van der Waals surface area contributed by atoms with Crippen LogP contribution in [0.25, 0.3) is 0 Å². The number of nitrogens with zero attached hydrogens (tertiary/aromatic N) is 2. The molecule has 0 aromatic carbocycles. The Kier molecular flexibility index (Phi) is 4.29. The Morgan fingerprint density at radius 1 is 1.46 bits per heavy atom. The predicted molar refractivity (Wildman–Crippen MR) is 47.5 cm³/mol. The van der Waals surface area contributed by atoms with Gasteiger partial charge in [0, 0.05) is 18.9 Å². The molecule has 1 heterocycles. The molecular weight excluding hydrogens is 164 g/mol. The van der Waals surface area contributed by atoms with Crippen molar-refractivity contribution in [1.29, 1.82) is 10.5 Å². The van der Waals surface area contributed by atoms with Crippen LogP contribution in [0.15, 0.2) is 0 Å². The van der Waals surface area contributed by atoms with Gasteiger partial charge in [0.2, 0.25) is 0 Å². The second-order valence-electron chi connectivity index (χ2n) is 3.39. The minimum Gasteiger partial charge on any atom is -0.378 e. The summed E-state index contributed by atoms with van der Waals surface area (Å²) in [7, 11) is 0. The van der Waals surface area contributed by atoms with Gasteiger partial charge in [-0.25, -0.2) is 0 Å². The van der Waals surface area contributed by atoms with Crippen LogP contribution in [-0.4, -0.2) is 12.7 Å². The van der Waals surface area contributed by atoms with Crippen LogP contribution in [-0.2, 0) is 4.74 Å². The molecule has 1 fully saturated rings. The van der Waals surface area contributed by atoms with Crippen LogP contribution in [0.1, 0.15) is 32.1 Å². The zero-order valence-electron chi connectivity index (χ0n) is 7.70. The van der Waals surface area contributed by atoms with Crippen molar-refractivity contribution < 1.29 is 4.74 Å². The minimum absolute atomic E-state index is 0.00255. The second-order valence-corrected chi connectivity index (χ2v) is 3.39. The molecule has 0 saturated carbocycles. The van der Waals surface area contributed by atoms with E-state index in [0.717, 1.165) is 25.9 Å². The van der Waals surface area contributed by atoms with Crippen molar-refractivity contribution >= 4 is 0 Å². The van der Waals surface area contributed by atoms with Gasteiger partial charge in [0.25, 0.3) is 0 Å². The standard InChI is InChI=1S/C10H14N2O/c11-5-1-3-9(8-12)7-10-4-2-6-13-10/h9-10H,1-4,6-7H2. The second kappa shape index (κ2) is 5.56. The van der Waals surface area contributed by atoms with Gasteiger partial charge in [-0.2, -0.15) is 10.5 Å². The van der Waals surface area contributed by atoms with Gasteiger partial charge >= 0.3 is 0 Å². The third-order valence-corrected chi connectivity index (χ3v) is 2.36. The van der Waals surface area contributed by atoms with E-state index in [1.807, 2.05) is 0 Å². The van der Waals surface area contributed by atoms with Gasteiger partial charge in [-0.15, -0.1) is 0 Å². The van der Waals surface area contributed by atoms with Crippen molar-refractivity contribution in [3.63, 3.8) is 0 Å². The molecule has 1 rings (SSSR count). The van der Waals surface area contributed by atoms with E-state index in [-0.39, 0.29) is 12.0 Å². The molecule has 0 N–H and O–H groups in total. The summed E-state index contributed by atoms with van der Waals surface area (Å²) in [5.74, 6) is 0.00255. The lowest BCUT2D eigenvalue weighted by molar-refractivity contribution is 0.0949. The summed E-state index contributed by atoms with van der Waals surface area (Å²) in [6.45, 7) is 0.834. The number of hydrogen-bond acceptors (Lipinski definition) is 3. The molecule has 1 aliphatic rings. The SMILES string of the molecule is N#CCCC(C#N)CC1CCCO1. The van der Waals surface area contributed by atoms with Crippen LogP contribution < -0.4 is 0 Å². The summed E-state index contributed by atoms with van der Waals surface area (Å²) in [6.07, 6.45) is 4.42. The van der Waals surface area contributed by atoms with Gasteiger partial charge < -0.3 is 4.74 Å². The van der Waals surface area contributed by atoms with Gasteiger partial charge in [-0.1, -0.05) is 0 Å². The summed E-state index contributed by atoms with van der Waals surface area (Å²) in [5.41, 5.74) is 0. The topological polar surface area (TPSA) is 56.8 Å². The first-order valence-corrected chi connectivity index (χ1v) is 4.75. The van der Waals surface area contributed by atoms with Gasteiger partial charge in [0.05, 0.1) is 18.2 Å². The van der Waals surface area contributed by atoms with Crippen LogP contribution in [0.2, 0.25) is 0 Å². The summed E-state index contributed by atoms with van der Waals surface area (Å²) in [4.78, 5) is 0. The Labute approximate surface area is 78.9 Å². The number of hydrogen-bond donors (Lipinski definition) is 0. The molecule has 2 unspecified atom stereocenters. The molecule has 13 heavy (non-hydrogen) atoms. The molecule has 0 aromatic rings. The molecule has 3 heteroatoms. The highest BCUT2D eigenvalue weighted by Gasteiger charge is 2.20. The van der Waals surface area contributed by atoms with Crippen molar-refractivity contribution in [3.05, 3.63) is 0 Å². The summed E-state index contributed by atoms with van der Waals surface area (Å²) >= 11 is 0. The number of ether oxygens (including phenoxy) is 1. The molecule has 0 spiro atoms. The highest BCUT2D eigenvalue weighted by molar-refractivity contribution is 4.88. The Morgan fingerprint density at radius 2 is 2.31 bits per heavy atom. The van der Waals surface area contributed by atoms with E-state index in [1.54, 1.807) is 0 Å². The molecule has 0 radical (unpaired) electrons. The summed E-state index contributed by atoms with van der Waals surface area (Å²) in [5, 5.41) is 17.2. The van der Waals surface area contributed by atoms with E-state index in [0.29, 0.717) is 12.8 Å². The van der Waals surface area contributed by atoms with Crippen LogP contribution in [0.5, 0.6) is 0 Å². The molecule has 0 aliphatic carbocycles. The summed E-state index contributed by atoms with van der Waals surface area (Å²) < 4.78 is 5.43. The van der Waals surface area contributed by atoms with Crippen LogP contribution >= 0.6 is 0 Å². The molecule has 0 aromatic heterocycles. The molecule has 3 nitrogen and oxygen atoms in total. The number of nitriles is 2. The fourth-order valence-corrected chi connectivity index (χ4v) is 1.62. The maximum Gasteiger partial charge on any atom is 0.0657 e. The average molecular weight is 178 g/mol. The van der Waals surface area contributed by atoms with Gasteiger partial charge in [-0.05, 0) is 25.7 Å². The molecule has 2 atom stereocenters. The zero-order valence-corrected chi connectivity index (χ0v) is 7.70. The highest BCUT2D eigenvalue weighted by atomic mass is 16.5. The third kappa shape index (κ3) is 3.44. The normalized spacial score (nSPS) is 23.4. The van der Waals surface area contributed by atoms with Crippen LogP contribution in [0.3, 0.4) is 0 Å². The first-order chi connectivity index (χ1) is 6.36. The lowest BCUT2D eigenvalue weighted by Crippen LogP contribution is -2.11. The smallest absolute Gasteiger partial charge is 0.0657 e. The Hall–Kier alpha value is -1.06. The van der Waals surface area contributed by atoms with E-state index in [4.69, 9.17) is 15.3 Å². The van der Waals surface area contributed by atoms with Gasteiger partial charge in [0.1, 0.15) is 0 Å². The lowest BCUT2D eigenvalue weighted by Gasteiger charge is -2.12. The van der Waals surface area contributed by atoms with Crippen molar-refractivity contribution in [2.75, 3.05) is 6.61 Å². The Bertz CT molecular complexity index is 220. The maximum atomic E-state index is 8.80. The van der Waals surface area contributed by atoms with E-state index >= 15 is 0 Å². The van der Waals surface area contributed by atoms with E-state index in [9.17, 15) is 0 Å². The van der Waals surface area contributed by atoms with E-state index < -0.39 is 0 Å². The van der Waals surface area contributed by atoms with Crippen molar-refractivity contribution in [2.45, 2.75) is 38.2 Å². The molecule has 70 valence electrons. The first kappa shape index (κ1) is 10.0. The quantitative estimate of drug-likeness (QED) is 0.661. The lowest BCUT2D eigenvalue weighted by atomic mass is 9.97. The van der Waals surface area contributed by atoms with E-state index in [2.05, 4.69) is 12.1 Å². The molecular formula is C10H14N2O. The van der Waals surface area contributed by atoms with Crippen LogP contribution in [0.4, 0.5) is 0 Å². The maximum absolute atomic E-state index is 8.80. The molecule has 0 amide bonds. The minimum atomic E-state index is 0.00255. The first-order valence-electron chi connectivity index (χ1n) is 4.75. The number of rotatable bonds is 4. The van der Waals surface area contributed by atoms with Crippen molar-refractivity contribution in [3.8, 4) is 12.1 Å². The van der Waals surface area contributed by atoms with E-state index in [1.165, 1.54) is 0 Å². The van der Waals surface area contributed by atoms with Crippen molar-refractivity contribution in [1.82, 2.24) is 0 Å². The fraction of sp³-hybridized carbons (Fsp3) is 0.800. The molecule has 1 saturated heterocycles. The van der Waals surface area contributed by atoms with Crippen molar-refractivity contribution in [2.24, 2.45) is 5.92 Å². The third-order valence-electron chi connectivity index (χ3n) is 2.36. The Morgan fingerprint density at radius 3 is 2.85 bits per heavy atom. The average Bonchev–Trinajstić information content (AvgIpc) is 2.64. The largest absolute Gasteiger partial charge is 0.378 e. The fourth-order valence-electron chi connectivity index (χ4n) is 1.62. The summed E-state index contributed by atoms with van der Waals surface area (Å²) in [6, 6.07) is 4.30. The molecule has 1 aliphatic heterocycles. The van der Waals surface area contributed by atoms with Crippen LogP contribution in [0, 0.1) is 28.6 Å². The van der Waals surface area contributed by atoms with Gasteiger partial charge in [-0.3, -0.25) is 0 Å².